The Bertz CT molecular complexity index is 913. The predicted molar refractivity (Wildman–Crippen MR) is 101 cm³/mol. The predicted octanol–water partition coefficient (Wildman–Crippen LogP) is 3.57. The molecule has 4 rings (SSSR count). The molecular weight excluding hydrogens is 340 g/mol. The zero-order chi connectivity index (χ0) is 18.8. The highest BCUT2D eigenvalue weighted by molar-refractivity contribution is 5.94. The maximum Gasteiger partial charge on any atom is 0.253 e. The summed E-state index contributed by atoms with van der Waals surface area (Å²) in [6.45, 7) is 5.73. The van der Waals surface area contributed by atoms with Crippen LogP contribution >= 0.6 is 0 Å². The van der Waals surface area contributed by atoms with Crippen LogP contribution in [0.25, 0.3) is 11.4 Å². The molecule has 1 amide bonds. The molecule has 1 aliphatic heterocycles. The van der Waals surface area contributed by atoms with Crippen molar-refractivity contribution in [3.63, 3.8) is 0 Å². The van der Waals surface area contributed by atoms with Gasteiger partial charge in [-0.1, -0.05) is 31.1 Å². The second kappa shape index (κ2) is 7.31. The van der Waals surface area contributed by atoms with Crippen LogP contribution in [0.5, 0.6) is 0 Å². The van der Waals surface area contributed by atoms with Gasteiger partial charge in [-0.3, -0.25) is 9.78 Å². The fraction of sp³-hybridized carbons (Fsp3) is 0.333. The number of nitrogens with zero attached hydrogens (tertiary/aromatic N) is 4. The van der Waals surface area contributed by atoms with E-state index in [2.05, 4.69) is 29.0 Å². The number of aromatic nitrogens is 3. The number of rotatable bonds is 5. The van der Waals surface area contributed by atoms with Crippen molar-refractivity contribution >= 4 is 5.91 Å². The van der Waals surface area contributed by atoms with Crippen molar-refractivity contribution < 1.29 is 9.32 Å². The van der Waals surface area contributed by atoms with E-state index in [9.17, 15) is 4.79 Å². The number of likely N-dealkylation sites (tertiary alicyclic amines) is 1. The van der Waals surface area contributed by atoms with Gasteiger partial charge in [-0.05, 0) is 35.7 Å². The Morgan fingerprint density at radius 3 is 2.67 bits per heavy atom. The summed E-state index contributed by atoms with van der Waals surface area (Å²) in [5.74, 6) is 2.06. The monoisotopic (exact) mass is 362 g/mol. The molecule has 27 heavy (non-hydrogen) atoms. The van der Waals surface area contributed by atoms with Crippen molar-refractivity contribution in [2.45, 2.75) is 26.2 Å². The second-order valence-corrected chi connectivity index (χ2v) is 7.31. The molecule has 138 valence electrons. The molecule has 6 heteroatoms. The third kappa shape index (κ3) is 3.74. The minimum absolute atomic E-state index is 0.0862. The molecule has 0 radical (unpaired) electrons. The maximum absolute atomic E-state index is 12.6. The van der Waals surface area contributed by atoms with Gasteiger partial charge in [0.2, 0.25) is 11.7 Å². The first kappa shape index (κ1) is 17.4. The SMILES string of the molecule is CC(C)c1ccc(C(=O)N2CC(Cc3nc(-c4cccnc4)no3)C2)cc1. The molecule has 3 heterocycles. The molecule has 0 atom stereocenters. The normalized spacial score (nSPS) is 14.4. The van der Waals surface area contributed by atoms with E-state index >= 15 is 0 Å². The van der Waals surface area contributed by atoms with Gasteiger partial charge in [0.25, 0.3) is 5.91 Å². The number of amides is 1. The fourth-order valence-electron chi connectivity index (χ4n) is 3.25. The van der Waals surface area contributed by atoms with Crippen LogP contribution < -0.4 is 0 Å². The Labute approximate surface area is 158 Å². The lowest BCUT2D eigenvalue weighted by atomic mass is 9.94. The van der Waals surface area contributed by atoms with E-state index in [1.54, 1.807) is 12.4 Å². The molecule has 1 fully saturated rings. The Kier molecular flexibility index (Phi) is 4.71. The van der Waals surface area contributed by atoms with Crippen LogP contribution in [0.4, 0.5) is 0 Å². The average molecular weight is 362 g/mol. The Morgan fingerprint density at radius 1 is 1.22 bits per heavy atom. The minimum atomic E-state index is 0.0862. The van der Waals surface area contributed by atoms with E-state index in [4.69, 9.17) is 4.52 Å². The van der Waals surface area contributed by atoms with Gasteiger partial charge in [0.1, 0.15) is 0 Å². The van der Waals surface area contributed by atoms with Gasteiger partial charge in [0.15, 0.2) is 0 Å². The first-order valence-electron chi connectivity index (χ1n) is 9.22. The number of carbonyl (C=O) groups excluding carboxylic acids is 1. The quantitative estimate of drug-likeness (QED) is 0.694. The molecule has 3 aromatic rings. The zero-order valence-electron chi connectivity index (χ0n) is 15.5. The van der Waals surface area contributed by atoms with E-state index in [1.165, 1.54) is 5.56 Å². The zero-order valence-corrected chi connectivity index (χ0v) is 15.5. The molecule has 2 aromatic heterocycles. The van der Waals surface area contributed by atoms with Crippen molar-refractivity contribution in [2.75, 3.05) is 13.1 Å². The highest BCUT2D eigenvalue weighted by atomic mass is 16.5. The Hall–Kier alpha value is -3.02. The van der Waals surface area contributed by atoms with E-state index in [0.717, 1.165) is 24.2 Å². The summed E-state index contributed by atoms with van der Waals surface area (Å²) < 4.78 is 5.35. The minimum Gasteiger partial charge on any atom is -0.339 e. The van der Waals surface area contributed by atoms with Crippen LogP contribution in [-0.4, -0.2) is 39.0 Å². The van der Waals surface area contributed by atoms with Gasteiger partial charge in [0, 0.05) is 48.9 Å². The summed E-state index contributed by atoms with van der Waals surface area (Å²) in [6.07, 6.45) is 4.10. The summed E-state index contributed by atoms with van der Waals surface area (Å²) in [6, 6.07) is 11.7. The van der Waals surface area contributed by atoms with Crippen molar-refractivity contribution in [2.24, 2.45) is 5.92 Å². The van der Waals surface area contributed by atoms with Gasteiger partial charge in [-0.2, -0.15) is 4.98 Å². The van der Waals surface area contributed by atoms with Crippen LogP contribution in [0.15, 0.2) is 53.3 Å². The van der Waals surface area contributed by atoms with Gasteiger partial charge in [0.05, 0.1) is 0 Å². The molecule has 0 aliphatic carbocycles. The van der Waals surface area contributed by atoms with Crippen molar-refractivity contribution in [3.05, 3.63) is 65.8 Å². The lowest BCUT2D eigenvalue weighted by Crippen LogP contribution is -2.50. The van der Waals surface area contributed by atoms with Crippen molar-refractivity contribution in [3.8, 4) is 11.4 Å². The average Bonchev–Trinajstić information content (AvgIpc) is 3.13. The van der Waals surface area contributed by atoms with Gasteiger partial charge < -0.3 is 9.42 Å². The lowest BCUT2D eigenvalue weighted by Gasteiger charge is -2.38. The van der Waals surface area contributed by atoms with Crippen molar-refractivity contribution in [1.29, 1.82) is 0 Å². The molecule has 1 aromatic carbocycles. The summed E-state index contributed by atoms with van der Waals surface area (Å²) >= 11 is 0. The summed E-state index contributed by atoms with van der Waals surface area (Å²) in [5.41, 5.74) is 2.83. The van der Waals surface area contributed by atoms with E-state index in [1.807, 2.05) is 41.3 Å². The number of hydrogen-bond donors (Lipinski definition) is 0. The molecule has 0 saturated carbocycles. The Morgan fingerprint density at radius 2 is 2.00 bits per heavy atom. The van der Waals surface area contributed by atoms with Crippen LogP contribution in [0.3, 0.4) is 0 Å². The van der Waals surface area contributed by atoms with Crippen LogP contribution in [0.1, 0.15) is 41.6 Å². The third-order valence-electron chi connectivity index (χ3n) is 4.92. The topological polar surface area (TPSA) is 72.1 Å². The van der Waals surface area contributed by atoms with Gasteiger partial charge in [-0.15, -0.1) is 0 Å². The number of pyridine rings is 1. The molecular formula is C21H22N4O2. The molecule has 0 spiro atoms. The Balaban J connectivity index is 1.32. The summed E-state index contributed by atoms with van der Waals surface area (Å²) in [5, 5.41) is 4.02. The largest absolute Gasteiger partial charge is 0.339 e. The second-order valence-electron chi connectivity index (χ2n) is 7.31. The molecule has 1 aliphatic rings. The molecule has 0 unspecified atom stereocenters. The van der Waals surface area contributed by atoms with E-state index in [-0.39, 0.29) is 5.91 Å². The highest BCUT2D eigenvalue weighted by Gasteiger charge is 2.32. The van der Waals surface area contributed by atoms with E-state index in [0.29, 0.717) is 30.0 Å². The molecule has 6 nitrogen and oxygen atoms in total. The number of carbonyl (C=O) groups is 1. The first-order chi connectivity index (χ1) is 13.1. The fourth-order valence-corrected chi connectivity index (χ4v) is 3.25. The lowest BCUT2D eigenvalue weighted by molar-refractivity contribution is 0.0487. The maximum atomic E-state index is 12.6. The molecule has 0 bridgehead atoms. The highest BCUT2D eigenvalue weighted by Crippen LogP contribution is 2.24. The van der Waals surface area contributed by atoms with Crippen LogP contribution in [0, 0.1) is 5.92 Å². The molecule has 0 N–H and O–H groups in total. The number of benzene rings is 1. The number of hydrogen-bond acceptors (Lipinski definition) is 5. The van der Waals surface area contributed by atoms with Crippen molar-refractivity contribution in [1.82, 2.24) is 20.0 Å². The van der Waals surface area contributed by atoms with E-state index < -0.39 is 0 Å². The van der Waals surface area contributed by atoms with Crippen LogP contribution in [0.2, 0.25) is 0 Å². The summed E-state index contributed by atoms with van der Waals surface area (Å²) in [4.78, 5) is 22.9. The van der Waals surface area contributed by atoms with Crippen LogP contribution in [-0.2, 0) is 6.42 Å². The van der Waals surface area contributed by atoms with Gasteiger partial charge >= 0.3 is 0 Å². The standard InChI is InChI=1S/C21H22N4O2/c1-14(2)16-5-7-17(8-6-16)21(26)25-12-15(13-25)10-19-23-20(24-27-19)18-4-3-9-22-11-18/h3-9,11,14-15H,10,12-13H2,1-2H3. The smallest absolute Gasteiger partial charge is 0.253 e. The summed E-state index contributed by atoms with van der Waals surface area (Å²) in [7, 11) is 0. The first-order valence-corrected chi connectivity index (χ1v) is 9.22. The van der Waals surface area contributed by atoms with Gasteiger partial charge in [-0.25, -0.2) is 0 Å². The molecule has 1 saturated heterocycles. The third-order valence-corrected chi connectivity index (χ3v) is 4.92.